The molecule has 0 heterocycles. The molecule has 0 spiro atoms. The van der Waals surface area contributed by atoms with E-state index in [1.165, 1.54) is 0 Å². The predicted octanol–water partition coefficient (Wildman–Crippen LogP) is 1.30. The van der Waals surface area contributed by atoms with Gasteiger partial charge < -0.3 is 0 Å². The molecule has 26 valence electrons. The zero-order chi connectivity index (χ0) is 2.71. The van der Waals surface area contributed by atoms with Crippen LogP contribution in [0.4, 0.5) is 0 Å². The van der Waals surface area contributed by atoms with Gasteiger partial charge in [-0.1, -0.05) is 0 Å². The fourth-order valence-electron chi connectivity index (χ4n) is 0. The van der Waals surface area contributed by atoms with Crippen molar-refractivity contribution in [1.82, 2.24) is 0 Å². The Kier molecular flexibility index (Phi) is 20.9. The molecule has 0 aromatic carbocycles. The summed E-state index contributed by atoms with van der Waals surface area (Å²) in [4.78, 5) is 0. The second-order valence-corrected chi connectivity index (χ2v) is 1.14. The molecule has 0 unspecified atom stereocenters. The molecule has 0 atom stereocenters. The minimum atomic E-state index is 0. The average Bonchev–Trinajstić information content (AvgIpc) is 0.918. The predicted molar refractivity (Wildman–Crippen MR) is 25.6 cm³/mol. The van der Waals surface area contributed by atoms with E-state index in [1.54, 1.807) is 47.5 Å². The van der Waals surface area contributed by atoms with E-state index < -0.39 is 0 Å². The van der Waals surface area contributed by atoms with Crippen LogP contribution >= 0.6 is 24.0 Å². The van der Waals surface area contributed by atoms with Crippen LogP contribution in [0.1, 0.15) is 0 Å². The van der Waals surface area contributed by atoms with Gasteiger partial charge in [0, 0.05) is 0 Å². The Hall–Kier alpha value is 2.05. The van der Waals surface area contributed by atoms with E-state index in [4.69, 9.17) is 0 Å². The zero-order valence-electron chi connectivity index (χ0n) is 2.07. The van der Waals surface area contributed by atoms with E-state index in [-0.39, 0.29) is 24.0 Å². The maximum Gasteiger partial charge on any atom is -0.107 e. The molecule has 0 nitrogen and oxygen atoms in total. The molecule has 0 fully saturated rings. The molecule has 0 N–H and O–H groups in total. The van der Waals surface area contributed by atoms with Crippen molar-refractivity contribution in [2.45, 2.75) is 0 Å². The van der Waals surface area contributed by atoms with Crippen LogP contribution in [-0.2, 0) is 0 Å². The third kappa shape index (κ3) is 8.96. The molecule has 0 aromatic rings. The van der Waals surface area contributed by atoms with Gasteiger partial charge in [-0.3, -0.25) is 0 Å². The maximum atomic E-state index is 3.39. The molecule has 0 aliphatic rings. The second kappa shape index (κ2) is 8.91. The molecule has 0 saturated heterocycles. The molecule has 0 radical (unpaired) electrons. The van der Waals surface area contributed by atoms with Crippen molar-refractivity contribution >= 4 is 24.0 Å². The van der Waals surface area contributed by atoms with Gasteiger partial charge in [0.1, 0.15) is 0 Å². The summed E-state index contributed by atoms with van der Waals surface area (Å²) >= 11 is 1.59. The number of halogens is 1. The third-order valence-corrected chi connectivity index (χ3v) is 0. The van der Waals surface area contributed by atoms with E-state index >= 15 is 0 Å². The van der Waals surface area contributed by atoms with Gasteiger partial charge >= 0.3 is 54.1 Å². The zero-order valence-corrected chi connectivity index (χ0v) is 6.83. The van der Waals surface area contributed by atoms with Crippen molar-refractivity contribution < 1.29 is 47.0 Å². The van der Waals surface area contributed by atoms with Gasteiger partial charge in [-0.2, -0.15) is 0 Å². The van der Waals surface area contributed by atoms with Gasteiger partial charge in [-0.05, 0) is 0 Å². The third-order valence-electron chi connectivity index (χ3n) is 0. The van der Waals surface area contributed by atoms with Crippen LogP contribution < -0.4 is 0 Å². The molecular weight excluding hydrogens is 303 g/mol. The number of hydrogen-bond donors (Lipinski definition) is 0. The summed E-state index contributed by atoms with van der Waals surface area (Å²) in [6.45, 7) is 3.39. The fourth-order valence-corrected chi connectivity index (χ4v) is 0. The van der Waals surface area contributed by atoms with E-state index in [2.05, 4.69) is 6.58 Å². The summed E-state index contributed by atoms with van der Waals surface area (Å²) in [5, 5.41) is 0. The van der Waals surface area contributed by atoms with E-state index in [1.807, 2.05) is 0 Å². The van der Waals surface area contributed by atoms with Crippen molar-refractivity contribution in [3.63, 3.8) is 0 Å². The standard InChI is InChI=1S/C2H3.Eu.HI/c1-2;;/h1H,2H2;;1H. The van der Waals surface area contributed by atoms with Crippen LogP contribution in [-0.4, -0.2) is 0 Å². The first-order valence-corrected chi connectivity index (χ1v) is 2.03. The fraction of sp³-hybridized carbons (Fsp3) is 0. The maximum absolute atomic E-state index is 3.39. The Morgan fingerprint density at radius 1 is 1.75 bits per heavy atom. The summed E-state index contributed by atoms with van der Waals surface area (Å²) in [6, 6.07) is 0. The summed E-state index contributed by atoms with van der Waals surface area (Å²) in [6.07, 6.45) is 0. The van der Waals surface area contributed by atoms with Crippen molar-refractivity contribution in [1.29, 1.82) is 0 Å². The first kappa shape index (κ1) is 9.41. The molecule has 2 heteroatoms. The van der Waals surface area contributed by atoms with Gasteiger partial charge in [0.25, 0.3) is 0 Å². The monoisotopic (exact) mass is 308 g/mol. The number of hydrogen-bond acceptors (Lipinski definition) is 0. The minimum Gasteiger partial charge on any atom is -0.107 e. The van der Waals surface area contributed by atoms with Crippen molar-refractivity contribution in [2.24, 2.45) is 0 Å². The van der Waals surface area contributed by atoms with Crippen molar-refractivity contribution in [3.05, 3.63) is 7.05 Å². The molecule has 0 aliphatic heterocycles. The quantitative estimate of drug-likeness (QED) is 0.592. The summed E-state index contributed by atoms with van der Waals surface area (Å²) in [5.74, 6) is 0. The van der Waals surface area contributed by atoms with Crippen LogP contribution in [0.25, 0.3) is 0 Å². The van der Waals surface area contributed by atoms with E-state index in [0.717, 1.165) is 0 Å². The van der Waals surface area contributed by atoms with Gasteiger partial charge in [0.15, 0.2) is 0 Å². The Labute approximate surface area is 76.1 Å². The van der Waals surface area contributed by atoms with Gasteiger partial charge in [0.2, 0.25) is 0 Å². The molecule has 0 bridgehead atoms. The van der Waals surface area contributed by atoms with Gasteiger partial charge in [-0.25, -0.2) is 0 Å². The van der Waals surface area contributed by atoms with Crippen molar-refractivity contribution in [3.8, 4) is 0 Å². The Morgan fingerprint density at radius 2 is 1.75 bits per heavy atom. The average molecular weight is 307 g/mol. The molecule has 0 amide bonds. The topological polar surface area (TPSA) is 0 Å². The largest absolute Gasteiger partial charge is 0.107 e. The summed E-state index contributed by atoms with van der Waals surface area (Å²) in [5.41, 5.74) is 0. The first-order chi connectivity index (χ1) is 1.41. The van der Waals surface area contributed by atoms with Gasteiger partial charge in [0.05, 0.1) is 0 Å². The van der Waals surface area contributed by atoms with Crippen LogP contribution in [0, 0.1) is 47.0 Å². The molecule has 0 rings (SSSR count). The number of rotatable bonds is 0. The Bertz CT molecular complexity index is 13.5. The Morgan fingerprint density at radius 3 is 1.75 bits per heavy atom. The molecule has 0 saturated carbocycles. The second-order valence-electron chi connectivity index (χ2n) is 0.154. The summed E-state index contributed by atoms with van der Waals surface area (Å²) in [7, 11) is 0. The van der Waals surface area contributed by atoms with Crippen molar-refractivity contribution in [2.75, 3.05) is 0 Å². The Balaban J connectivity index is 0. The molecule has 4 heavy (non-hydrogen) atoms. The van der Waals surface area contributed by atoms with Gasteiger partial charge in [-0.15, -0.1) is 24.0 Å². The normalized spacial score (nSPS) is 3.25. The SMILES string of the molecule is C=[CH][Eu].I. The van der Waals surface area contributed by atoms with Crippen LogP contribution in [0.3, 0.4) is 0 Å². The molecule has 0 aromatic heterocycles. The first-order valence-electron chi connectivity index (χ1n) is 0.626. The van der Waals surface area contributed by atoms with Crippen LogP contribution in [0.15, 0.2) is 7.05 Å². The summed E-state index contributed by atoms with van der Waals surface area (Å²) < 4.78 is 1.81. The molecular formula is C2H4EuI. The molecule has 0 aliphatic carbocycles. The minimum absolute atomic E-state index is 0. The van der Waals surface area contributed by atoms with E-state index in [0.29, 0.717) is 0 Å². The van der Waals surface area contributed by atoms with E-state index in [9.17, 15) is 0 Å². The van der Waals surface area contributed by atoms with Crippen LogP contribution in [0.5, 0.6) is 0 Å². The smallest absolute Gasteiger partial charge is 0.107 e. The van der Waals surface area contributed by atoms with Crippen LogP contribution in [0.2, 0.25) is 0 Å².